The number of fused-ring (bicyclic) bond motifs is 1. The Bertz CT molecular complexity index is 381. The second kappa shape index (κ2) is 6.66. The molecule has 1 unspecified atom stereocenters. The van der Waals surface area contributed by atoms with Crippen molar-refractivity contribution in [2.45, 2.75) is 38.7 Å². The van der Waals surface area contributed by atoms with E-state index in [1.807, 2.05) is 0 Å². The Balaban J connectivity index is 1.82. The molecule has 0 spiro atoms. The van der Waals surface area contributed by atoms with E-state index >= 15 is 0 Å². The lowest BCUT2D eigenvalue weighted by molar-refractivity contribution is 0.192. The number of aliphatic hydroxyl groups excluding tert-OH is 1. The molecule has 1 aromatic rings. The Morgan fingerprint density at radius 2 is 2.11 bits per heavy atom. The zero-order valence-corrected chi connectivity index (χ0v) is 10.9. The Kier molecular flexibility index (Phi) is 4.90. The third kappa shape index (κ3) is 3.65. The van der Waals surface area contributed by atoms with Gasteiger partial charge in [-0.25, -0.2) is 9.97 Å². The zero-order valence-electron chi connectivity index (χ0n) is 10.9. The molecule has 0 amide bonds. The molecule has 1 atom stereocenters. The lowest BCUT2D eigenvalue weighted by Gasteiger charge is -2.18. The molecule has 1 heterocycles. The molecule has 5 heteroatoms. The van der Waals surface area contributed by atoms with Gasteiger partial charge in [-0.05, 0) is 32.6 Å². The monoisotopic (exact) mass is 250 g/mol. The minimum Gasteiger partial charge on any atom is -0.392 e. The normalized spacial score (nSPS) is 16.1. The number of hydrogen-bond acceptors (Lipinski definition) is 5. The molecule has 0 radical (unpaired) electrons. The molecule has 5 nitrogen and oxygen atoms in total. The minimum absolute atomic E-state index is 0.295. The third-order valence-electron chi connectivity index (χ3n) is 3.16. The summed E-state index contributed by atoms with van der Waals surface area (Å²) in [5.74, 6) is 0.985. The van der Waals surface area contributed by atoms with Crippen LogP contribution in [0.25, 0.3) is 0 Å². The zero-order chi connectivity index (χ0) is 12.8. The van der Waals surface area contributed by atoms with Gasteiger partial charge < -0.3 is 15.7 Å². The smallest absolute Gasteiger partial charge is 0.132 e. The maximum absolute atomic E-state index is 9.12. The lowest BCUT2D eigenvalue weighted by atomic mass is 9.96. The Morgan fingerprint density at radius 3 is 2.94 bits per heavy atom. The first-order valence-electron chi connectivity index (χ1n) is 6.73. The average Bonchev–Trinajstić information content (AvgIpc) is 2.38. The Labute approximate surface area is 108 Å². The van der Waals surface area contributed by atoms with Crippen molar-refractivity contribution in [3.63, 3.8) is 0 Å². The molecular formula is C13H22N4O. The molecule has 0 saturated heterocycles. The van der Waals surface area contributed by atoms with Crippen molar-refractivity contribution in [2.24, 2.45) is 0 Å². The van der Waals surface area contributed by atoms with E-state index < -0.39 is 0 Å². The topological polar surface area (TPSA) is 70.1 Å². The van der Waals surface area contributed by atoms with Gasteiger partial charge in [0.2, 0.25) is 0 Å². The number of rotatable bonds is 6. The van der Waals surface area contributed by atoms with Gasteiger partial charge in [-0.2, -0.15) is 0 Å². The summed E-state index contributed by atoms with van der Waals surface area (Å²) >= 11 is 0. The number of aliphatic hydroxyl groups is 1. The summed E-state index contributed by atoms with van der Waals surface area (Å²) in [5.41, 5.74) is 2.50. The summed E-state index contributed by atoms with van der Waals surface area (Å²) in [6.07, 6.45) is 5.98. The van der Waals surface area contributed by atoms with Gasteiger partial charge in [-0.15, -0.1) is 0 Å². The lowest BCUT2D eigenvalue weighted by Crippen LogP contribution is -2.29. The third-order valence-corrected chi connectivity index (χ3v) is 3.16. The highest BCUT2D eigenvalue weighted by Crippen LogP contribution is 2.23. The van der Waals surface area contributed by atoms with Crippen LogP contribution in [-0.4, -0.2) is 40.8 Å². The average molecular weight is 250 g/mol. The van der Waals surface area contributed by atoms with Crippen molar-refractivity contribution in [3.8, 4) is 0 Å². The number of nitrogens with one attached hydrogen (secondary N) is 2. The van der Waals surface area contributed by atoms with Gasteiger partial charge in [0.15, 0.2) is 0 Å². The first-order valence-corrected chi connectivity index (χ1v) is 6.73. The van der Waals surface area contributed by atoms with Crippen LogP contribution in [0.1, 0.15) is 31.0 Å². The number of aromatic nitrogens is 2. The Morgan fingerprint density at radius 1 is 1.28 bits per heavy atom. The quantitative estimate of drug-likeness (QED) is 0.650. The number of aryl methyl sites for hydroxylation is 1. The molecular weight excluding hydrogens is 228 g/mol. The van der Waals surface area contributed by atoms with Crippen LogP contribution in [0, 0.1) is 0 Å². The number of anilines is 1. The van der Waals surface area contributed by atoms with Crippen LogP contribution in [-0.2, 0) is 12.8 Å². The van der Waals surface area contributed by atoms with Crippen LogP contribution < -0.4 is 10.6 Å². The van der Waals surface area contributed by atoms with Gasteiger partial charge in [-0.1, -0.05) is 0 Å². The summed E-state index contributed by atoms with van der Waals surface area (Å²) in [7, 11) is 0. The summed E-state index contributed by atoms with van der Waals surface area (Å²) in [4.78, 5) is 8.67. The van der Waals surface area contributed by atoms with E-state index in [0.29, 0.717) is 6.54 Å². The molecule has 0 aromatic carbocycles. The molecule has 0 saturated carbocycles. The van der Waals surface area contributed by atoms with Crippen molar-refractivity contribution >= 4 is 5.82 Å². The standard InChI is InChI=1S/C13H22N4O/c1-10(18)8-14-6-7-15-13-11-4-2-3-5-12(11)16-9-17-13/h9-10,14,18H,2-8H2,1H3,(H,15,16,17). The van der Waals surface area contributed by atoms with Gasteiger partial charge >= 0.3 is 0 Å². The van der Waals surface area contributed by atoms with Gasteiger partial charge in [0.25, 0.3) is 0 Å². The number of hydrogen-bond donors (Lipinski definition) is 3. The molecule has 2 rings (SSSR count). The molecule has 18 heavy (non-hydrogen) atoms. The van der Waals surface area contributed by atoms with Crippen LogP contribution in [0.15, 0.2) is 6.33 Å². The molecule has 0 aliphatic heterocycles. The molecule has 0 fully saturated rings. The van der Waals surface area contributed by atoms with Crippen LogP contribution >= 0.6 is 0 Å². The number of nitrogens with zero attached hydrogens (tertiary/aromatic N) is 2. The second-order valence-corrected chi connectivity index (χ2v) is 4.83. The molecule has 100 valence electrons. The van der Waals surface area contributed by atoms with Crippen molar-refractivity contribution in [2.75, 3.05) is 25.0 Å². The molecule has 1 aliphatic rings. The van der Waals surface area contributed by atoms with Crippen LogP contribution in [0.5, 0.6) is 0 Å². The van der Waals surface area contributed by atoms with Gasteiger partial charge in [0.1, 0.15) is 12.1 Å². The van der Waals surface area contributed by atoms with Crippen LogP contribution in [0.4, 0.5) is 5.82 Å². The second-order valence-electron chi connectivity index (χ2n) is 4.83. The van der Waals surface area contributed by atoms with Crippen molar-refractivity contribution in [3.05, 3.63) is 17.6 Å². The van der Waals surface area contributed by atoms with Crippen molar-refractivity contribution in [1.29, 1.82) is 0 Å². The Hall–Kier alpha value is -1.20. The van der Waals surface area contributed by atoms with Gasteiger partial charge in [0, 0.05) is 30.9 Å². The highest BCUT2D eigenvalue weighted by Gasteiger charge is 2.14. The molecule has 3 N–H and O–H groups in total. The fourth-order valence-electron chi connectivity index (χ4n) is 2.25. The van der Waals surface area contributed by atoms with E-state index in [2.05, 4.69) is 20.6 Å². The van der Waals surface area contributed by atoms with E-state index in [9.17, 15) is 0 Å². The fraction of sp³-hybridized carbons (Fsp3) is 0.692. The SMILES string of the molecule is CC(O)CNCCNc1ncnc2c1CCCC2. The predicted molar refractivity (Wildman–Crippen MR) is 71.7 cm³/mol. The van der Waals surface area contributed by atoms with E-state index in [4.69, 9.17) is 5.11 Å². The first-order chi connectivity index (χ1) is 8.77. The maximum Gasteiger partial charge on any atom is 0.132 e. The summed E-state index contributed by atoms with van der Waals surface area (Å²) in [5, 5.41) is 15.7. The first kappa shape index (κ1) is 13.2. The molecule has 0 bridgehead atoms. The van der Waals surface area contributed by atoms with E-state index in [1.54, 1.807) is 13.3 Å². The predicted octanol–water partition coefficient (Wildman–Crippen LogP) is 0.738. The van der Waals surface area contributed by atoms with E-state index in [-0.39, 0.29) is 6.10 Å². The highest BCUT2D eigenvalue weighted by atomic mass is 16.3. The highest BCUT2D eigenvalue weighted by molar-refractivity contribution is 5.46. The van der Waals surface area contributed by atoms with Crippen LogP contribution in [0.3, 0.4) is 0 Å². The molecule has 1 aliphatic carbocycles. The largest absolute Gasteiger partial charge is 0.392 e. The minimum atomic E-state index is -0.295. The van der Waals surface area contributed by atoms with E-state index in [1.165, 1.54) is 24.1 Å². The van der Waals surface area contributed by atoms with Crippen molar-refractivity contribution < 1.29 is 5.11 Å². The summed E-state index contributed by atoms with van der Waals surface area (Å²) in [6.45, 7) is 4.05. The van der Waals surface area contributed by atoms with Gasteiger partial charge in [0.05, 0.1) is 6.10 Å². The maximum atomic E-state index is 9.12. The van der Waals surface area contributed by atoms with E-state index in [0.717, 1.165) is 31.7 Å². The van der Waals surface area contributed by atoms with Crippen molar-refractivity contribution in [1.82, 2.24) is 15.3 Å². The summed E-state index contributed by atoms with van der Waals surface area (Å²) in [6, 6.07) is 0. The van der Waals surface area contributed by atoms with Gasteiger partial charge in [-0.3, -0.25) is 0 Å². The van der Waals surface area contributed by atoms with Crippen LogP contribution in [0.2, 0.25) is 0 Å². The fourth-order valence-corrected chi connectivity index (χ4v) is 2.25. The summed E-state index contributed by atoms with van der Waals surface area (Å²) < 4.78 is 0. The molecule has 1 aromatic heterocycles.